The summed E-state index contributed by atoms with van der Waals surface area (Å²) in [5.74, 6) is 0.457. The van der Waals surface area contributed by atoms with Crippen LogP contribution >= 0.6 is 0 Å². The first-order valence-electron chi connectivity index (χ1n) is 10.8. The normalized spacial score (nSPS) is 14.9. The average Bonchev–Trinajstić information content (AvgIpc) is 3.21. The van der Waals surface area contributed by atoms with Crippen molar-refractivity contribution in [2.75, 3.05) is 5.32 Å². The zero-order chi connectivity index (χ0) is 23.3. The van der Waals surface area contributed by atoms with Crippen molar-refractivity contribution in [3.05, 3.63) is 110 Å². The van der Waals surface area contributed by atoms with Crippen LogP contribution in [0.15, 0.2) is 110 Å². The Balaban J connectivity index is 1.38. The van der Waals surface area contributed by atoms with E-state index in [0.29, 0.717) is 5.82 Å². The maximum absolute atomic E-state index is 11.6. The van der Waals surface area contributed by atoms with Crippen molar-refractivity contribution in [2.24, 2.45) is 0 Å². The summed E-state index contributed by atoms with van der Waals surface area (Å²) in [5.41, 5.74) is 5.43. The van der Waals surface area contributed by atoms with Crippen LogP contribution in [0.3, 0.4) is 0 Å². The molecular weight excluding hydrogens is 424 g/mol. The second-order valence-corrected chi connectivity index (χ2v) is 7.70. The van der Waals surface area contributed by atoms with E-state index < -0.39 is 0 Å². The fourth-order valence-electron chi connectivity index (χ4n) is 3.67. The Morgan fingerprint density at radius 3 is 2.71 bits per heavy atom. The van der Waals surface area contributed by atoms with Crippen LogP contribution in [0.5, 0.6) is 0 Å². The minimum Gasteiger partial charge on any atom is -0.343 e. The molecule has 7 heteroatoms. The molecule has 0 spiro atoms. The molecule has 34 heavy (non-hydrogen) atoms. The van der Waals surface area contributed by atoms with E-state index in [1.54, 1.807) is 0 Å². The zero-order valence-electron chi connectivity index (χ0n) is 18.3. The number of carbonyl (C=O) groups excluding carboxylic acids is 1. The summed E-state index contributed by atoms with van der Waals surface area (Å²) in [4.78, 5) is 28.4. The van der Waals surface area contributed by atoms with Crippen LogP contribution in [0.2, 0.25) is 0 Å². The third-order valence-corrected chi connectivity index (χ3v) is 5.40. The highest BCUT2D eigenvalue weighted by atomic mass is 16.1. The van der Waals surface area contributed by atoms with E-state index in [0.717, 1.165) is 39.2 Å². The molecule has 0 aliphatic heterocycles. The number of allylic oxidation sites excluding steroid dienone is 3. The number of rotatable bonds is 6. The molecule has 3 aromatic heterocycles. The topological polar surface area (TPSA) is 95.6 Å². The predicted octanol–water partition coefficient (Wildman–Crippen LogP) is 4.78. The van der Waals surface area contributed by atoms with Gasteiger partial charge in [0.05, 0.1) is 17.1 Å². The lowest BCUT2D eigenvalue weighted by atomic mass is 10.1. The molecule has 1 amide bonds. The maximum atomic E-state index is 11.6. The third-order valence-electron chi connectivity index (χ3n) is 5.40. The first-order valence-corrected chi connectivity index (χ1v) is 10.8. The van der Waals surface area contributed by atoms with Gasteiger partial charge < -0.3 is 15.6 Å². The number of H-pyrrole nitrogens is 1. The van der Waals surface area contributed by atoms with Crippen LogP contribution in [0.25, 0.3) is 33.5 Å². The second kappa shape index (κ2) is 9.38. The molecular formula is C27H22N6O. The Morgan fingerprint density at radius 2 is 1.91 bits per heavy atom. The van der Waals surface area contributed by atoms with Crippen molar-refractivity contribution in [1.82, 2.24) is 25.3 Å². The van der Waals surface area contributed by atoms with Gasteiger partial charge in [-0.3, -0.25) is 9.78 Å². The molecule has 1 aliphatic carbocycles. The molecule has 5 rings (SSSR count). The first kappa shape index (κ1) is 21.1. The molecule has 166 valence electrons. The number of fused-ring (bicyclic) bond motifs is 1. The monoisotopic (exact) mass is 446 g/mol. The van der Waals surface area contributed by atoms with Crippen LogP contribution < -0.4 is 10.6 Å². The average molecular weight is 447 g/mol. The molecule has 7 nitrogen and oxygen atoms in total. The van der Waals surface area contributed by atoms with E-state index >= 15 is 0 Å². The molecule has 0 radical (unpaired) electrons. The Kier molecular flexibility index (Phi) is 5.82. The summed E-state index contributed by atoms with van der Waals surface area (Å²) < 4.78 is 0. The van der Waals surface area contributed by atoms with Gasteiger partial charge in [0.2, 0.25) is 5.91 Å². The molecule has 0 fully saturated rings. The minimum absolute atomic E-state index is 0.211. The quantitative estimate of drug-likeness (QED) is 0.371. The highest BCUT2D eigenvalue weighted by molar-refractivity contribution is 5.92. The molecule has 3 heterocycles. The van der Waals surface area contributed by atoms with E-state index in [1.807, 2.05) is 85.1 Å². The maximum Gasteiger partial charge on any atom is 0.244 e. The van der Waals surface area contributed by atoms with Crippen molar-refractivity contribution in [3.8, 4) is 22.5 Å². The fourth-order valence-corrected chi connectivity index (χ4v) is 3.67. The van der Waals surface area contributed by atoms with Gasteiger partial charge in [-0.25, -0.2) is 9.97 Å². The number of anilines is 1. The molecule has 1 aliphatic rings. The SMILES string of the molecule is C=CC(=O)NC1C=CC=C(Nc2ncnc3[nH]c(-c4ccc(-c5ccccc5)nc4)cc23)C=C1. The number of aromatic amines is 1. The molecule has 1 aromatic carbocycles. The van der Waals surface area contributed by atoms with Crippen molar-refractivity contribution in [2.45, 2.75) is 6.04 Å². The Hall–Kier alpha value is -4.78. The number of aromatic nitrogens is 4. The highest BCUT2D eigenvalue weighted by Gasteiger charge is 2.12. The number of pyridine rings is 1. The van der Waals surface area contributed by atoms with Crippen molar-refractivity contribution >= 4 is 22.8 Å². The van der Waals surface area contributed by atoms with Gasteiger partial charge in [-0.1, -0.05) is 55.1 Å². The van der Waals surface area contributed by atoms with E-state index in [4.69, 9.17) is 0 Å². The molecule has 1 atom stereocenters. The van der Waals surface area contributed by atoms with E-state index in [1.165, 1.54) is 12.4 Å². The predicted molar refractivity (Wildman–Crippen MR) is 135 cm³/mol. The third kappa shape index (κ3) is 4.54. The minimum atomic E-state index is -0.223. The zero-order valence-corrected chi connectivity index (χ0v) is 18.3. The van der Waals surface area contributed by atoms with Gasteiger partial charge in [0.1, 0.15) is 17.8 Å². The summed E-state index contributed by atoms with van der Waals surface area (Å²) >= 11 is 0. The molecule has 4 aromatic rings. The van der Waals surface area contributed by atoms with E-state index in [-0.39, 0.29) is 11.9 Å². The van der Waals surface area contributed by atoms with Crippen LogP contribution in [-0.2, 0) is 4.79 Å². The van der Waals surface area contributed by atoms with Gasteiger partial charge in [-0.2, -0.15) is 0 Å². The first-order chi connectivity index (χ1) is 16.7. The highest BCUT2D eigenvalue weighted by Crippen LogP contribution is 2.28. The summed E-state index contributed by atoms with van der Waals surface area (Å²) in [7, 11) is 0. The fraction of sp³-hybridized carbons (Fsp3) is 0.0370. The molecule has 0 bridgehead atoms. The molecule has 1 unspecified atom stereocenters. The van der Waals surface area contributed by atoms with Crippen LogP contribution in [0, 0.1) is 0 Å². The van der Waals surface area contributed by atoms with Crippen molar-refractivity contribution in [3.63, 3.8) is 0 Å². The summed E-state index contributed by atoms with van der Waals surface area (Å²) in [5, 5.41) is 7.05. The number of nitrogens with one attached hydrogen (secondary N) is 3. The van der Waals surface area contributed by atoms with Crippen molar-refractivity contribution < 1.29 is 4.79 Å². The molecule has 0 saturated carbocycles. The Labute approximate surface area is 196 Å². The molecule has 3 N–H and O–H groups in total. The Morgan fingerprint density at radius 1 is 1.03 bits per heavy atom. The number of carbonyl (C=O) groups is 1. The van der Waals surface area contributed by atoms with Crippen molar-refractivity contribution in [1.29, 1.82) is 0 Å². The van der Waals surface area contributed by atoms with Gasteiger partial charge in [0.25, 0.3) is 0 Å². The van der Waals surface area contributed by atoms with Gasteiger partial charge in [-0.15, -0.1) is 0 Å². The molecule has 0 saturated heterocycles. The summed E-state index contributed by atoms with van der Waals surface area (Å²) in [6.45, 7) is 3.48. The lowest BCUT2D eigenvalue weighted by Crippen LogP contribution is -2.30. The van der Waals surface area contributed by atoms with E-state index in [2.05, 4.69) is 37.1 Å². The number of nitrogens with zero attached hydrogens (tertiary/aromatic N) is 3. The standard InChI is InChI=1S/C27H22N6O/c1-2-25(34)31-20-9-6-10-21(13-12-20)32-26-22-15-24(33-27(22)30-17-29-26)19-11-14-23(28-16-19)18-7-4-3-5-8-18/h2-17,20H,1H2,(H,31,34)(H2,29,30,32,33). The lowest BCUT2D eigenvalue weighted by molar-refractivity contribution is -0.116. The number of hydrogen-bond donors (Lipinski definition) is 3. The summed E-state index contributed by atoms with van der Waals surface area (Å²) in [6.07, 6.45) is 14.1. The Bertz CT molecular complexity index is 1430. The van der Waals surface area contributed by atoms with Gasteiger partial charge in [-0.05, 0) is 36.4 Å². The smallest absolute Gasteiger partial charge is 0.244 e. The number of hydrogen-bond acceptors (Lipinski definition) is 5. The largest absolute Gasteiger partial charge is 0.343 e. The van der Waals surface area contributed by atoms with Crippen LogP contribution in [0.4, 0.5) is 5.82 Å². The van der Waals surface area contributed by atoms with Crippen LogP contribution in [0.1, 0.15) is 0 Å². The number of benzene rings is 1. The summed E-state index contributed by atoms with van der Waals surface area (Å²) in [6, 6.07) is 15.9. The lowest BCUT2D eigenvalue weighted by Gasteiger charge is -2.08. The van der Waals surface area contributed by atoms with Crippen LogP contribution in [-0.4, -0.2) is 31.9 Å². The van der Waals surface area contributed by atoms with Gasteiger partial charge in [0.15, 0.2) is 0 Å². The second-order valence-electron chi connectivity index (χ2n) is 7.70. The van der Waals surface area contributed by atoms with Gasteiger partial charge >= 0.3 is 0 Å². The number of amides is 1. The van der Waals surface area contributed by atoms with Gasteiger partial charge in [0, 0.05) is 28.7 Å². The van der Waals surface area contributed by atoms with E-state index in [9.17, 15) is 4.79 Å².